The molecule has 1 fully saturated rings. The Hall–Kier alpha value is -1.91. The van der Waals surface area contributed by atoms with Gasteiger partial charge in [0.25, 0.3) is 0 Å². The van der Waals surface area contributed by atoms with E-state index >= 15 is 0 Å². The van der Waals surface area contributed by atoms with Crippen LogP contribution in [0, 0.1) is 0 Å². The molecule has 0 saturated carbocycles. The maximum Gasteiger partial charge on any atom is 0.231 e. The van der Waals surface area contributed by atoms with Crippen molar-refractivity contribution in [3.05, 3.63) is 18.2 Å². The number of unbranched alkanes of at least 4 members (excludes halogenated alkanes) is 1. The van der Waals surface area contributed by atoms with Crippen molar-refractivity contribution in [2.24, 2.45) is 0 Å². The summed E-state index contributed by atoms with van der Waals surface area (Å²) in [6.07, 6.45) is 2.74. The fraction of sp³-hybridized carbons (Fsp3) is 0.562. The SMILES string of the molecule is CCCCC(=O)N1CCN(c2ccc3c(c2)OCO3)CC1. The largest absolute Gasteiger partial charge is 0.454 e. The summed E-state index contributed by atoms with van der Waals surface area (Å²) in [4.78, 5) is 16.3. The standard InChI is InChI=1S/C16H22N2O3/c1-2-3-4-16(19)18-9-7-17(8-10-18)13-5-6-14-15(11-13)21-12-20-14/h5-6,11H,2-4,7-10,12H2,1H3. The van der Waals surface area contributed by atoms with Crippen LogP contribution in [-0.2, 0) is 4.79 Å². The van der Waals surface area contributed by atoms with Crippen LogP contribution in [0.1, 0.15) is 26.2 Å². The number of carbonyl (C=O) groups is 1. The van der Waals surface area contributed by atoms with E-state index in [2.05, 4.69) is 17.9 Å². The Morgan fingerprint density at radius 2 is 1.90 bits per heavy atom. The highest BCUT2D eigenvalue weighted by atomic mass is 16.7. The van der Waals surface area contributed by atoms with Gasteiger partial charge in [0.1, 0.15) is 0 Å². The molecule has 1 saturated heterocycles. The third-order valence-electron chi connectivity index (χ3n) is 4.10. The first-order chi connectivity index (χ1) is 10.3. The van der Waals surface area contributed by atoms with E-state index in [9.17, 15) is 4.79 Å². The Balaban J connectivity index is 1.57. The van der Waals surface area contributed by atoms with Crippen molar-refractivity contribution in [2.75, 3.05) is 37.9 Å². The summed E-state index contributed by atoms with van der Waals surface area (Å²) in [5.74, 6) is 1.92. The molecular weight excluding hydrogens is 268 g/mol. The third kappa shape index (κ3) is 3.06. The summed E-state index contributed by atoms with van der Waals surface area (Å²) >= 11 is 0. The van der Waals surface area contributed by atoms with Gasteiger partial charge in [0.2, 0.25) is 12.7 Å². The zero-order chi connectivity index (χ0) is 14.7. The molecule has 0 aromatic heterocycles. The Kier molecular flexibility index (Phi) is 4.18. The molecule has 21 heavy (non-hydrogen) atoms. The first kappa shape index (κ1) is 14.0. The number of carbonyl (C=O) groups excluding carboxylic acids is 1. The van der Waals surface area contributed by atoms with E-state index in [-0.39, 0.29) is 0 Å². The second-order valence-corrected chi connectivity index (χ2v) is 5.51. The van der Waals surface area contributed by atoms with Gasteiger partial charge in [-0.05, 0) is 18.6 Å². The van der Waals surface area contributed by atoms with Crippen LogP contribution in [0.2, 0.25) is 0 Å². The fourth-order valence-electron chi connectivity index (χ4n) is 2.78. The molecule has 0 bridgehead atoms. The molecule has 0 aliphatic carbocycles. The predicted octanol–water partition coefficient (Wildman–Crippen LogP) is 2.25. The zero-order valence-corrected chi connectivity index (χ0v) is 12.5. The van der Waals surface area contributed by atoms with Gasteiger partial charge in [-0.3, -0.25) is 4.79 Å². The van der Waals surface area contributed by atoms with Gasteiger partial charge in [0, 0.05) is 44.4 Å². The smallest absolute Gasteiger partial charge is 0.231 e. The van der Waals surface area contributed by atoms with E-state index in [1.165, 1.54) is 0 Å². The lowest BCUT2D eigenvalue weighted by molar-refractivity contribution is -0.131. The number of piperazine rings is 1. The van der Waals surface area contributed by atoms with Crippen LogP contribution in [0.5, 0.6) is 11.5 Å². The summed E-state index contributed by atoms with van der Waals surface area (Å²) < 4.78 is 10.8. The lowest BCUT2D eigenvalue weighted by Crippen LogP contribution is -2.48. The normalized spacial score (nSPS) is 17.2. The third-order valence-corrected chi connectivity index (χ3v) is 4.10. The van der Waals surface area contributed by atoms with Crippen LogP contribution < -0.4 is 14.4 Å². The lowest BCUT2D eigenvalue weighted by Gasteiger charge is -2.36. The van der Waals surface area contributed by atoms with Crippen molar-refractivity contribution in [2.45, 2.75) is 26.2 Å². The van der Waals surface area contributed by atoms with Crippen molar-refractivity contribution in [1.29, 1.82) is 0 Å². The van der Waals surface area contributed by atoms with Gasteiger partial charge in [-0.25, -0.2) is 0 Å². The number of ether oxygens (including phenoxy) is 2. The second kappa shape index (κ2) is 6.24. The molecule has 0 N–H and O–H groups in total. The van der Waals surface area contributed by atoms with Crippen LogP contribution in [0.25, 0.3) is 0 Å². The minimum Gasteiger partial charge on any atom is -0.454 e. The number of anilines is 1. The Bertz CT molecular complexity index is 510. The molecule has 2 aliphatic heterocycles. The summed E-state index contributed by atoms with van der Waals surface area (Å²) in [5.41, 5.74) is 1.14. The van der Waals surface area contributed by atoms with Crippen LogP contribution in [0.4, 0.5) is 5.69 Å². The average molecular weight is 290 g/mol. The van der Waals surface area contributed by atoms with Crippen LogP contribution in [0.15, 0.2) is 18.2 Å². The minimum atomic E-state index is 0.294. The van der Waals surface area contributed by atoms with Crippen molar-refractivity contribution >= 4 is 11.6 Å². The molecular formula is C16H22N2O3. The summed E-state index contributed by atoms with van der Waals surface area (Å²) in [6, 6.07) is 6.04. The van der Waals surface area contributed by atoms with E-state index < -0.39 is 0 Å². The maximum absolute atomic E-state index is 12.0. The van der Waals surface area contributed by atoms with Crippen molar-refractivity contribution in [3.63, 3.8) is 0 Å². The summed E-state index contributed by atoms with van der Waals surface area (Å²) in [7, 11) is 0. The van der Waals surface area contributed by atoms with Crippen LogP contribution >= 0.6 is 0 Å². The molecule has 0 atom stereocenters. The number of amides is 1. The average Bonchev–Trinajstić information content (AvgIpc) is 3.00. The van der Waals surface area contributed by atoms with Crippen LogP contribution in [-0.4, -0.2) is 43.8 Å². The number of rotatable bonds is 4. The Labute approximate surface area is 125 Å². The molecule has 1 amide bonds. The molecule has 5 nitrogen and oxygen atoms in total. The monoisotopic (exact) mass is 290 g/mol. The lowest BCUT2D eigenvalue weighted by atomic mass is 10.2. The van der Waals surface area contributed by atoms with E-state index in [1.54, 1.807) is 0 Å². The quantitative estimate of drug-likeness (QED) is 0.853. The van der Waals surface area contributed by atoms with Crippen molar-refractivity contribution < 1.29 is 14.3 Å². The van der Waals surface area contributed by atoms with E-state index in [0.29, 0.717) is 19.1 Å². The predicted molar refractivity (Wildman–Crippen MR) is 80.9 cm³/mol. The molecule has 0 radical (unpaired) electrons. The molecule has 114 valence electrons. The Morgan fingerprint density at radius 1 is 1.14 bits per heavy atom. The number of nitrogens with zero attached hydrogens (tertiary/aromatic N) is 2. The number of hydrogen-bond donors (Lipinski definition) is 0. The molecule has 3 rings (SSSR count). The molecule has 2 heterocycles. The van der Waals surface area contributed by atoms with Gasteiger partial charge < -0.3 is 19.3 Å². The van der Waals surface area contributed by atoms with E-state index in [0.717, 1.165) is 56.2 Å². The highest BCUT2D eigenvalue weighted by molar-refractivity contribution is 5.76. The first-order valence-corrected chi connectivity index (χ1v) is 7.70. The molecule has 1 aromatic carbocycles. The topological polar surface area (TPSA) is 42.0 Å². The summed E-state index contributed by atoms with van der Waals surface area (Å²) in [6.45, 7) is 5.77. The van der Waals surface area contributed by atoms with Gasteiger partial charge >= 0.3 is 0 Å². The van der Waals surface area contributed by atoms with Gasteiger partial charge in [-0.2, -0.15) is 0 Å². The maximum atomic E-state index is 12.0. The molecule has 0 spiro atoms. The van der Waals surface area contributed by atoms with Gasteiger partial charge in [-0.1, -0.05) is 13.3 Å². The molecule has 0 unspecified atom stereocenters. The molecule has 5 heteroatoms. The molecule has 2 aliphatic rings. The zero-order valence-electron chi connectivity index (χ0n) is 12.5. The second-order valence-electron chi connectivity index (χ2n) is 5.51. The van der Waals surface area contributed by atoms with E-state index in [4.69, 9.17) is 9.47 Å². The van der Waals surface area contributed by atoms with Gasteiger partial charge in [-0.15, -0.1) is 0 Å². The van der Waals surface area contributed by atoms with Crippen molar-refractivity contribution in [1.82, 2.24) is 4.90 Å². The van der Waals surface area contributed by atoms with Gasteiger partial charge in [0.15, 0.2) is 11.5 Å². The highest BCUT2D eigenvalue weighted by Crippen LogP contribution is 2.35. The fourth-order valence-corrected chi connectivity index (χ4v) is 2.78. The number of hydrogen-bond acceptors (Lipinski definition) is 4. The molecule has 1 aromatic rings. The van der Waals surface area contributed by atoms with Crippen molar-refractivity contribution in [3.8, 4) is 11.5 Å². The first-order valence-electron chi connectivity index (χ1n) is 7.70. The van der Waals surface area contributed by atoms with Gasteiger partial charge in [0.05, 0.1) is 0 Å². The number of benzene rings is 1. The Morgan fingerprint density at radius 3 is 2.67 bits per heavy atom. The van der Waals surface area contributed by atoms with Crippen LogP contribution in [0.3, 0.4) is 0 Å². The summed E-state index contributed by atoms with van der Waals surface area (Å²) in [5, 5.41) is 0. The van der Waals surface area contributed by atoms with E-state index in [1.807, 2.05) is 17.0 Å². The number of fused-ring (bicyclic) bond motifs is 1. The minimum absolute atomic E-state index is 0.294. The highest BCUT2D eigenvalue weighted by Gasteiger charge is 2.22.